The average molecular weight is 492 g/mol. The lowest BCUT2D eigenvalue weighted by atomic mass is 10.0. The molecule has 0 radical (unpaired) electrons. The number of ether oxygens (including phenoxy) is 2. The molecule has 2 aromatic rings. The van der Waals surface area contributed by atoms with Crippen molar-refractivity contribution in [2.45, 2.75) is 19.3 Å². The average Bonchev–Trinajstić information content (AvgIpc) is 2.88. The molecule has 182 valence electrons. The first-order chi connectivity index (χ1) is 17.0. The predicted octanol–water partition coefficient (Wildman–Crippen LogP) is 5.54. The lowest BCUT2D eigenvalue weighted by Crippen LogP contribution is -2.35. The molecule has 0 saturated carbocycles. The van der Waals surface area contributed by atoms with Gasteiger partial charge >= 0.3 is 0 Å². The molecule has 1 aliphatic rings. The quantitative estimate of drug-likeness (QED) is 0.187. The van der Waals surface area contributed by atoms with Crippen LogP contribution in [0.1, 0.15) is 18.4 Å². The lowest BCUT2D eigenvalue weighted by Gasteiger charge is -2.14. The van der Waals surface area contributed by atoms with E-state index in [0.29, 0.717) is 18.2 Å². The minimum Gasteiger partial charge on any atom is -0.487 e. The van der Waals surface area contributed by atoms with Crippen molar-refractivity contribution >= 4 is 29.1 Å². The summed E-state index contributed by atoms with van der Waals surface area (Å²) < 4.78 is 10.7. The van der Waals surface area contributed by atoms with E-state index in [9.17, 15) is 4.79 Å². The number of nitrogens with one attached hydrogen (secondary N) is 2. The first-order valence-electron chi connectivity index (χ1n) is 11.4. The summed E-state index contributed by atoms with van der Waals surface area (Å²) in [6.07, 6.45) is 8.28. The summed E-state index contributed by atoms with van der Waals surface area (Å²) in [5, 5.41) is 11.7. The zero-order valence-corrected chi connectivity index (χ0v) is 20.6. The van der Waals surface area contributed by atoms with Crippen LogP contribution in [-0.2, 0) is 20.7 Å². The molecule has 7 heteroatoms. The third kappa shape index (κ3) is 8.05. The van der Waals surface area contributed by atoms with Crippen molar-refractivity contribution in [3.05, 3.63) is 95.3 Å². The van der Waals surface area contributed by atoms with Gasteiger partial charge in [0.2, 0.25) is 0 Å². The summed E-state index contributed by atoms with van der Waals surface area (Å²) in [5.74, 6) is -0.400. The van der Waals surface area contributed by atoms with E-state index in [1.807, 2.05) is 54.6 Å². The van der Waals surface area contributed by atoms with Crippen molar-refractivity contribution in [1.29, 1.82) is 5.41 Å². The molecule has 0 heterocycles. The molecular weight excluding hydrogens is 462 g/mol. The minimum atomic E-state index is -0.476. The SMILES string of the molecule is C=C(OCC1=CCCC=C1)/C(=N\C(=N)Cc1ccc(-c2ccccc2)cc1Cl)C(=O)NCCOC. The number of aliphatic imine (C=N–C) groups is 1. The molecule has 3 rings (SSSR count). The Morgan fingerprint density at radius 3 is 2.66 bits per heavy atom. The summed E-state index contributed by atoms with van der Waals surface area (Å²) in [5.41, 5.74) is 3.75. The predicted molar refractivity (Wildman–Crippen MR) is 142 cm³/mol. The fraction of sp³-hybridized carbons (Fsp3) is 0.250. The van der Waals surface area contributed by atoms with Crippen LogP contribution in [0.25, 0.3) is 11.1 Å². The van der Waals surface area contributed by atoms with E-state index in [1.54, 1.807) is 7.11 Å². The Morgan fingerprint density at radius 2 is 1.97 bits per heavy atom. The number of carbonyl (C=O) groups excluding carboxylic acids is 1. The van der Waals surface area contributed by atoms with Crippen LogP contribution in [0.4, 0.5) is 0 Å². The van der Waals surface area contributed by atoms with Crippen molar-refractivity contribution in [2.75, 3.05) is 26.9 Å². The monoisotopic (exact) mass is 491 g/mol. The number of carbonyl (C=O) groups is 1. The van der Waals surface area contributed by atoms with Crippen LogP contribution in [-0.4, -0.2) is 44.3 Å². The maximum Gasteiger partial charge on any atom is 0.273 e. The van der Waals surface area contributed by atoms with Crippen molar-refractivity contribution in [1.82, 2.24) is 5.32 Å². The van der Waals surface area contributed by atoms with Gasteiger partial charge in [0, 0.05) is 25.1 Å². The zero-order chi connectivity index (χ0) is 25.0. The smallest absolute Gasteiger partial charge is 0.273 e. The van der Waals surface area contributed by atoms with E-state index in [1.165, 1.54) is 0 Å². The van der Waals surface area contributed by atoms with E-state index in [2.05, 4.69) is 29.0 Å². The van der Waals surface area contributed by atoms with Crippen LogP contribution in [0.3, 0.4) is 0 Å². The molecule has 0 fully saturated rings. The van der Waals surface area contributed by atoms with Crippen molar-refractivity contribution < 1.29 is 14.3 Å². The molecule has 0 spiro atoms. The second-order valence-corrected chi connectivity index (χ2v) is 8.38. The molecule has 0 aliphatic heterocycles. The number of amidine groups is 1. The Morgan fingerprint density at radius 1 is 1.17 bits per heavy atom. The maximum absolute atomic E-state index is 12.8. The molecule has 0 aromatic heterocycles. The van der Waals surface area contributed by atoms with Crippen LogP contribution in [0, 0.1) is 5.41 Å². The number of halogens is 1. The second-order valence-electron chi connectivity index (χ2n) is 7.98. The summed E-state index contributed by atoms with van der Waals surface area (Å²) >= 11 is 6.51. The van der Waals surface area contributed by atoms with E-state index >= 15 is 0 Å². The zero-order valence-electron chi connectivity index (χ0n) is 19.9. The van der Waals surface area contributed by atoms with Gasteiger partial charge in [-0.1, -0.05) is 78.9 Å². The number of allylic oxidation sites excluding steroid dienone is 2. The highest BCUT2D eigenvalue weighted by Crippen LogP contribution is 2.26. The molecule has 35 heavy (non-hydrogen) atoms. The number of methoxy groups -OCH3 is 1. The highest BCUT2D eigenvalue weighted by atomic mass is 35.5. The second kappa shape index (κ2) is 13.4. The third-order valence-electron chi connectivity index (χ3n) is 5.32. The number of hydrogen-bond donors (Lipinski definition) is 2. The lowest BCUT2D eigenvalue weighted by molar-refractivity contribution is -0.115. The van der Waals surface area contributed by atoms with Gasteiger partial charge in [0.15, 0.2) is 5.71 Å². The Bertz CT molecular complexity index is 1150. The van der Waals surface area contributed by atoms with Crippen LogP contribution < -0.4 is 5.32 Å². The maximum atomic E-state index is 12.8. The Kier molecular flexibility index (Phi) is 10.0. The molecule has 1 amide bonds. The van der Waals surface area contributed by atoms with Gasteiger partial charge in [0.1, 0.15) is 18.2 Å². The molecule has 0 saturated heterocycles. The largest absolute Gasteiger partial charge is 0.487 e. The van der Waals surface area contributed by atoms with E-state index < -0.39 is 5.91 Å². The topological polar surface area (TPSA) is 83.8 Å². The van der Waals surface area contributed by atoms with E-state index in [-0.39, 0.29) is 30.3 Å². The van der Waals surface area contributed by atoms with Crippen LogP contribution in [0.2, 0.25) is 5.02 Å². The number of hydrogen-bond acceptors (Lipinski definition) is 4. The molecule has 2 aromatic carbocycles. The van der Waals surface area contributed by atoms with Crippen LogP contribution >= 0.6 is 11.6 Å². The number of nitrogens with zero attached hydrogens (tertiary/aromatic N) is 1. The fourth-order valence-electron chi connectivity index (χ4n) is 3.46. The first kappa shape index (κ1) is 26.1. The molecule has 6 nitrogen and oxygen atoms in total. The van der Waals surface area contributed by atoms with E-state index in [4.69, 9.17) is 26.5 Å². The van der Waals surface area contributed by atoms with Crippen LogP contribution in [0.15, 0.2) is 89.7 Å². The molecule has 2 N–H and O–H groups in total. The van der Waals surface area contributed by atoms with Crippen molar-refractivity contribution in [3.63, 3.8) is 0 Å². The summed E-state index contributed by atoms with van der Waals surface area (Å²) in [6.45, 7) is 4.82. The van der Waals surface area contributed by atoms with Gasteiger partial charge in [-0.25, -0.2) is 4.99 Å². The van der Waals surface area contributed by atoms with Gasteiger partial charge in [0.25, 0.3) is 5.91 Å². The molecular formula is C28H30ClN3O3. The normalized spacial score (nSPS) is 13.2. The Balaban J connectivity index is 1.73. The summed E-state index contributed by atoms with van der Waals surface area (Å²) in [7, 11) is 1.55. The third-order valence-corrected chi connectivity index (χ3v) is 5.67. The summed E-state index contributed by atoms with van der Waals surface area (Å²) in [4.78, 5) is 17.0. The van der Waals surface area contributed by atoms with Gasteiger partial charge < -0.3 is 14.8 Å². The van der Waals surface area contributed by atoms with Crippen LogP contribution in [0.5, 0.6) is 0 Å². The Hall–Kier alpha value is -3.48. The summed E-state index contributed by atoms with van der Waals surface area (Å²) in [6, 6.07) is 15.6. The molecule has 0 unspecified atom stereocenters. The number of benzene rings is 2. The van der Waals surface area contributed by atoms with Gasteiger partial charge in [-0.2, -0.15) is 0 Å². The van der Waals surface area contributed by atoms with Gasteiger partial charge in [0.05, 0.1) is 6.61 Å². The highest BCUT2D eigenvalue weighted by molar-refractivity contribution is 6.46. The van der Waals surface area contributed by atoms with Crippen molar-refractivity contribution in [3.8, 4) is 11.1 Å². The van der Waals surface area contributed by atoms with Gasteiger partial charge in [-0.05, 0) is 41.2 Å². The van der Waals surface area contributed by atoms with Gasteiger partial charge in [-0.15, -0.1) is 0 Å². The van der Waals surface area contributed by atoms with Gasteiger partial charge in [-0.3, -0.25) is 10.2 Å². The highest BCUT2D eigenvalue weighted by Gasteiger charge is 2.18. The standard InChI is InChI=1S/C28H30ClN3O3/c1-20(35-19-21-9-5-3-6-10-21)27(28(33)31-15-16-34-2)32-26(30)18-24-14-13-23(17-25(24)29)22-11-7-4-8-12-22/h4-5,7-14,17,30H,1,3,6,15-16,18-19H2,2H3,(H,31,33)/b30-26?,32-27+. The number of rotatable bonds is 11. The van der Waals surface area contributed by atoms with Crippen molar-refractivity contribution in [2.24, 2.45) is 4.99 Å². The molecule has 0 atom stereocenters. The fourth-order valence-corrected chi connectivity index (χ4v) is 3.71. The first-order valence-corrected chi connectivity index (χ1v) is 11.8. The van der Waals surface area contributed by atoms with E-state index in [0.717, 1.165) is 35.1 Å². The molecule has 1 aliphatic carbocycles. The Labute approximate surface area is 211 Å². The minimum absolute atomic E-state index is 0.0298. The molecule has 0 bridgehead atoms. The number of amides is 1.